The molecule has 1 aliphatic carbocycles. The van der Waals surface area contributed by atoms with Gasteiger partial charge in [0.15, 0.2) is 0 Å². The summed E-state index contributed by atoms with van der Waals surface area (Å²) < 4.78 is 13.0. The van der Waals surface area contributed by atoms with Crippen molar-refractivity contribution in [2.24, 2.45) is 11.8 Å². The molecule has 2 amide bonds. The number of halogens is 1. The summed E-state index contributed by atoms with van der Waals surface area (Å²) in [6.45, 7) is 1.11. The predicted molar refractivity (Wildman–Crippen MR) is 86.4 cm³/mol. The molecule has 0 aromatic heterocycles. The van der Waals surface area contributed by atoms with Crippen LogP contribution in [0.2, 0.25) is 0 Å². The third-order valence-corrected chi connectivity index (χ3v) is 4.88. The second-order valence-electron chi connectivity index (χ2n) is 6.71. The lowest BCUT2D eigenvalue weighted by Gasteiger charge is -2.17. The van der Waals surface area contributed by atoms with Gasteiger partial charge in [-0.2, -0.15) is 0 Å². The SMILES string of the molecule is O=C(CC1CCCC1)NCC1CC(=O)N(c2ccc(F)cc2)C1. The molecule has 2 aliphatic rings. The average molecular weight is 318 g/mol. The molecular formula is C18H23FN2O2. The highest BCUT2D eigenvalue weighted by Gasteiger charge is 2.31. The van der Waals surface area contributed by atoms with Crippen LogP contribution in [0.5, 0.6) is 0 Å². The van der Waals surface area contributed by atoms with Crippen LogP contribution in [0.3, 0.4) is 0 Å². The van der Waals surface area contributed by atoms with Gasteiger partial charge >= 0.3 is 0 Å². The van der Waals surface area contributed by atoms with Crippen LogP contribution in [-0.4, -0.2) is 24.9 Å². The lowest BCUT2D eigenvalue weighted by Crippen LogP contribution is -2.32. The molecule has 1 unspecified atom stereocenters. The summed E-state index contributed by atoms with van der Waals surface area (Å²) in [6, 6.07) is 5.96. The van der Waals surface area contributed by atoms with Gasteiger partial charge in [0.05, 0.1) is 0 Å². The molecule has 1 atom stereocenters. The minimum Gasteiger partial charge on any atom is -0.356 e. The van der Waals surface area contributed by atoms with Gasteiger partial charge in [-0.3, -0.25) is 9.59 Å². The third-order valence-electron chi connectivity index (χ3n) is 4.88. The standard InChI is InChI=1S/C18H23FN2O2/c19-15-5-7-16(8-6-15)21-12-14(10-18(21)23)11-20-17(22)9-13-3-1-2-4-13/h5-8,13-14H,1-4,9-12H2,(H,20,22). The van der Waals surface area contributed by atoms with Crippen molar-refractivity contribution in [3.8, 4) is 0 Å². The lowest BCUT2D eigenvalue weighted by atomic mass is 10.0. The van der Waals surface area contributed by atoms with Gasteiger partial charge < -0.3 is 10.2 Å². The highest BCUT2D eigenvalue weighted by atomic mass is 19.1. The van der Waals surface area contributed by atoms with Gasteiger partial charge in [0.2, 0.25) is 11.8 Å². The van der Waals surface area contributed by atoms with Crippen LogP contribution in [0.25, 0.3) is 0 Å². The zero-order valence-electron chi connectivity index (χ0n) is 13.3. The van der Waals surface area contributed by atoms with Gasteiger partial charge in [-0.15, -0.1) is 0 Å². The Labute approximate surface area is 136 Å². The van der Waals surface area contributed by atoms with Crippen LogP contribution >= 0.6 is 0 Å². The fourth-order valence-corrected chi connectivity index (χ4v) is 3.60. The minimum absolute atomic E-state index is 0.0339. The zero-order chi connectivity index (χ0) is 16.2. The number of hydrogen-bond donors (Lipinski definition) is 1. The first-order valence-electron chi connectivity index (χ1n) is 8.44. The molecule has 0 radical (unpaired) electrons. The smallest absolute Gasteiger partial charge is 0.227 e. The van der Waals surface area contributed by atoms with E-state index in [0.717, 1.165) is 18.5 Å². The molecule has 1 heterocycles. The maximum absolute atomic E-state index is 13.0. The molecular weight excluding hydrogens is 295 g/mol. The lowest BCUT2D eigenvalue weighted by molar-refractivity contribution is -0.122. The number of nitrogens with one attached hydrogen (secondary N) is 1. The fraction of sp³-hybridized carbons (Fsp3) is 0.556. The normalized spacial score (nSPS) is 21.9. The predicted octanol–water partition coefficient (Wildman–Crippen LogP) is 2.88. The van der Waals surface area contributed by atoms with Gasteiger partial charge in [-0.1, -0.05) is 12.8 Å². The number of benzene rings is 1. The van der Waals surface area contributed by atoms with E-state index in [2.05, 4.69) is 5.32 Å². The monoisotopic (exact) mass is 318 g/mol. The van der Waals surface area contributed by atoms with Crippen molar-refractivity contribution in [2.45, 2.75) is 38.5 Å². The van der Waals surface area contributed by atoms with Crippen molar-refractivity contribution in [1.29, 1.82) is 0 Å². The van der Waals surface area contributed by atoms with E-state index < -0.39 is 0 Å². The molecule has 1 saturated heterocycles. The Bertz CT molecular complexity index is 567. The van der Waals surface area contributed by atoms with Gasteiger partial charge in [-0.25, -0.2) is 4.39 Å². The molecule has 0 spiro atoms. The van der Waals surface area contributed by atoms with Gasteiger partial charge in [0.1, 0.15) is 5.82 Å². The van der Waals surface area contributed by atoms with Crippen molar-refractivity contribution in [1.82, 2.24) is 5.32 Å². The van der Waals surface area contributed by atoms with E-state index in [1.54, 1.807) is 17.0 Å². The summed E-state index contributed by atoms with van der Waals surface area (Å²) in [5, 5.41) is 2.98. The first-order valence-corrected chi connectivity index (χ1v) is 8.44. The number of rotatable bonds is 5. The highest BCUT2D eigenvalue weighted by molar-refractivity contribution is 5.95. The minimum atomic E-state index is -0.309. The van der Waals surface area contributed by atoms with Gasteiger partial charge in [0, 0.05) is 37.5 Å². The Balaban J connectivity index is 1.47. The second-order valence-corrected chi connectivity index (χ2v) is 6.71. The van der Waals surface area contributed by atoms with Crippen LogP contribution in [-0.2, 0) is 9.59 Å². The average Bonchev–Trinajstić information content (AvgIpc) is 3.16. The van der Waals surface area contributed by atoms with Crippen LogP contribution in [0.4, 0.5) is 10.1 Å². The maximum Gasteiger partial charge on any atom is 0.227 e. The van der Waals surface area contributed by atoms with E-state index in [9.17, 15) is 14.0 Å². The second kappa shape index (κ2) is 7.11. The molecule has 1 aromatic rings. The van der Waals surface area contributed by atoms with Crippen LogP contribution in [0, 0.1) is 17.7 Å². The van der Waals surface area contributed by atoms with Gasteiger partial charge in [0.25, 0.3) is 0 Å². The molecule has 1 aliphatic heterocycles. The molecule has 5 heteroatoms. The van der Waals surface area contributed by atoms with Crippen LogP contribution in [0.1, 0.15) is 38.5 Å². The Hall–Kier alpha value is -1.91. The Kier molecular flexibility index (Phi) is 4.94. The number of hydrogen-bond acceptors (Lipinski definition) is 2. The van der Waals surface area contributed by atoms with Crippen LogP contribution in [0.15, 0.2) is 24.3 Å². The summed E-state index contributed by atoms with van der Waals surface area (Å²) >= 11 is 0. The fourth-order valence-electron chi connectivity index (χ4n) is 3.60. The Morgan fingerprint density at radius 2 is 1.87 bits per heavy atom. The number of carbonyl (C=O) groups is 2. The van der Waals surface area contributed by atoms with Crippen molar-refractivity contribution < 1.29 is 14.0 Å². The number of amides is 2. The third kappa shape index (κ3) is 4.09. The van der Waals surface area contributed by atoms with Gasteiger partial charge in [-0.05, 0) is 43.0 Å². The first-order chi connectivity index (χ1) is 11.1. The van der Waals surface area contributed by atoms with E-state index in [-0.39, 0.29) is 23.5 Å². The highest BCUT2D eigenvalue weighted by Crippen LogP contribution is 2.28. The molecule has 1 N–H and O–H groups in total. The molecule has 3 rings (SSSR count). The molecule has 124 valence electrons. The van der Waals surface area contributed by atoms with Crippen molar-refractivity contribution in [2.75, 3.05) is 18.0 Å². The van der Waals surface area contributed by atoms with Crippen molar-refractivity contribution >= 4 is 17.5 Å². The Morgan fingerprint density at radius 3 is 2.57 bits per heavy atom. The molecule has 4 nitrogen and oxygen atoms in total. The van der Waals surface area contributed by atoms with Crippen LogP contribution < -0.4 is 10.2 Å². The maximum atomic E-state index is 13.0. The summed E-state index contributed by atoms with van der Waals surface area (Å²) in [5.74, 6) is 0.489. The van der Waals surface area contributed by atoms with E-state index in [0.29, 0.717) is 31.8 Å². The van der Waals surface area contributed by atoms with Crippen molar-refractivity contribution in [3.63, 3.8) is 0 Å². The van der Waals surface area contributed by atoms with E-state index in [1.807, 2.05) is 0 Å². The molecule has 1 saturated carbocycles. The first kappa shape index (κ1) is 16.0. The zero-order valence-corrected chi connectivity index (χ0v) is 13.3. The summed E-state index contributed by atoms with van der Waals surface area (Å²) in [7, 11) is 0. The number of anilines is 1. The molecule has 23 heavy (non-hydrogen) atoms. The summed E-state index contributed by atoms with van der Waals surface area (Å²) in [6.07, 6.45) is 5.84. The quantitative estimate of drug-likeness (QED) is 0.907. The van der Waals surface area contributed by atoms with Crippen molar-refractivity contribution in [3.05, 3.63) is 30.1 Å². The largest absolute Gasteiger partial charge is 0.356 e. The summed E-state index contributed by atoms with van der Waals surface area (Å²) in [5.41, 5.74) is 0.719. The number of carbonyl (C=O) groups excluding carboxylic acids is 2. The molecule has 2 fully saturated rings. The number of nitrogens with zero attached hydrogens (tertiary/aromatic N) is 1. The summed E-state index contributed by atoms with van der Waals surface area (Å²) in [4.78, 5) is 25.8. The molecule has 0 bridgehead atoms. The Morgan fingerprint density at radius 1 is 1.17 bits per heavy atom. The topological polar surface area (TPSA) is 49.4 Å². The van der Waals surface area contributed by atoms with E-state index >= 15 is 0 Å². The molecule has 1 aromatic carbocycles. The van der Waals surface area contributed by atoms with E-state index in [1.165, 1.54) is 25.0 Å². The van der Waals surface area contributed by atoms with E-state index in [4.69, 9.17) is 0 Å².